The molecule has 0 unspecified atom stereocenters. The van der Waals surface area contributed by atoms with Gasteiger partial charge in [-0.2, -0.15) is 0 Å². The maximum atomic E-state index is 10.9. The molecule has 2 heterocycles. The first-order chi connectivity index (χ1) is 10.6. The summed E-state index contributed by atoms with van der Waals surface area (Å²) in [5.41, 5.74) is 7.15. The Morgan fingerprint density at radius 2 is 2.18 bits per heavy atom. The van der Waals surface area contributed by atoms with Gasteiger partial charge in [0.25, 0.3) is 5.82 Å². The van der Waals surface area contributed by atoms with Gasteiger partial charge in [-0.3, -0.25) is 0 Å². The van der Waals surface area contributed by atoms with Gasteiger partial charge in [0.1, 0.15) is 6.20 Å². The molecule has 0 aromatic carbocycles. The zero-order chi connectivity index (χ0) is 16.1. The predicted octanol–water partition coefficient (Wildman–Crippen LogP) is 2.56. The first-order valence-corrected chi connectivity index (χ1v) is 7.44. The van der Waals surface area contributed by atoms with E-state index in [1.165, 1.54) is 17.2 Å². The SMILES string of the molecule is CCCCCCc1c(-c2ncc([N+](=O)[O-])n2C)noc1CN. The van der Waals surface area contributed by atoms with E-state index in [0.29, 0.717) is 17.3 Å². The second kappa shape index (κ2) is 7.17. The van der Waals surface area contributed by atoms with Crippen LogP contribution in [0.1, 0.15) is 43.9 Å². The van der Waals surface area contributed by atoms with Crippen molar-refractivity contribution in [1.29, 1.82) is 0 Å². The lowest BCUT2D eigenvalue weighted by Gasteiger charge is -2.02. The molecule has 0 aliphatic heterocycles. The van der Waals surface area contributed by atoms with Crippen LogP contribution in [0.5, 0.6) is 0 Å². The summed E-state index contributed by atoms with van der Waals surface area (Å²) in [4.78, 5) is 14.6. The molecule has 120 valence electrons. The summed E-state index contributed by atoms with van der Waals surface area (Å²) in [5.74, 6) is 0.974. The van der Waals surface area contributed by atoms with E-state index < -0.39 is 4.92 Å². The minimum Gasteiger partial charge on any atom is -0.359 e. The molecule has 2 aromatic rings. The average molecular weight is 307 g/mol. The van der Waals surface area contributed by atoms with Gasteiger partial charge in [0.05, 0.1) is 13.6 Å². The van der Waals surface area contributed by atoms with Crippen LogP contribution in [0, 0.1) is 10.1 Å². The summed E-state index contributed by atoms with van der Waals surface area (Å²) in [6, 6.07) is 0. The minimum atomic E-state index is -0.471. The third-order valence-electron chi connectivity index (χ3n) is 3.70. The number of rotatable bonds is 8. The molecule has 2 N–H and O–H groups in total. The Morgan fingerprint density at radius 3 is 2.77 bits per heavy atom. The van der Waals surface area contributed by atoms with Crippen LogP contribution in [0.3, 0.4) is 0 Å². The fraction of sp³-hybridized carbons (Fsp3) is 0.571. The van der Waals surface area contributed by atoms with Gasteiger partial charge in [-0.05, 0) is 17.8 Å². The highest BCUT2D eigenvalue weighted by Gasteiger charge is 2.25. The predicted molar refractivity (Wildman–Crippen MR) is 81.1 cm³/mol. The number of nitro groups is 1. The van der Waals surface area contributed by atoms with E-state index in [2.05, 4.69) is 17.1 Å². The monoisotopic (exact) mass is 307 g/mol. The van der Waals surface area contributed by atoms with Crippen LogP contribution >= 0.6 is 0 Å². The van der Waals surface area contributed by atoms with E-state index in [4.69, 9.17) is 10.3 Å². The molecule has 2 aromatic heterocycles. The Hall–Kier alpha value is -2.22. The second-order valence-corrected chi connectivity index (χ2v) is 5.20. The van der Waals surface area contributed by atoms with Crippen molar-refractivity contribution in [3.05, 3.63) is 27.6 Å². The highest BCUT2D eigenvalue weighted by molar-refractivity contribution is 5.58. The van der Waals surface area contributed by atoms with Gasteiger partial charge in [0.15, 0.2) is 11.5 Å². The van der Waals surface area contributed by atoms with E-state index in [1.807, 2.05) is 0 Å². The van der Waals surface area contributed by atoms with Crippen molar-refractivity contribution in [2.24, 2.45) is 12.8 Å². The maximum Gasteiger partial charge on any atom is 0.342 e. The van der Waals surface area contributed by atoms with Crippen molar-refractivity contribution in [3.63, 3.8) is 0 Å². The molecule has 8 heteroatoms. The minimum absolute atomic E-state index is 0.0794. The summed E-state index contributed by atoms with van der Waals surface area (Å²) >= 11 is 0. The van der Waals surface area contributed by atoms with Gasteiger partial charge in [0, 0.05) is 5.56 Å². The van der Waals surface area contributed by atoms with Crippen molar-refractivity contribution >= 4 is 5.82 Å². The zero-order valence-electron chi connectivity index (χ0n) is 12.9. The molecular weight excluding hydrogens is 286 g/mol. The Morgan fingerprint density at radius 1 is 1.41 bits per heavy atom. The van der Waals surface area contributed by atoms with Crippen LogP contribution in [0.15, 0.2) is 10.7 Å². The molecule has 0 radical (unpaired) electrons. The van der Waals surface area contributed by atoms with E-state index in [9.17, 15) is 10.1 Å². The molecule has 0 atom stereocenters. The normalized spacial score (nSPS) is 11.0. The number of unbranched alkanes of at least 4 members (excludes halogenated alkanes) is 3. The van der Waals surface area contributed by atoms with E-state index in [1.54, 1.807) is 7.05 Å². The smallest absolute Gasteiger partial charge is 0.342 e. The Kier molecular flexibility index (Phi) is 5.26. The van der Waals surface area contributed by atoms with Crippen molar-refractivity contribution in [1.82, 2.24) is 14.7 Å². The van der Waals surface area contributed by atoms with Crippen LogP contribution in [0.25, 0.3) is 11.5 Å². The molecule has 8 nitrogen and oxygen atoms in total. The van der Waals surface area contributed by atoms with Crippen molar-refractivity contribution in [2.75, 3.05) is 0 Å². The lowest BCUT2D eigenvalue weighted by molar-refractivity contribution is -0.391. The highest BCUT2D eigenvalue weighted by Crippen LogP contribution is 2.28. The lowest BCUT2D eigenvalue weighted by Crippen LogP contribution is -2.03. The molecule has 0 fully saturated rings. The van der Waals surface area contributed by atoms with E-state index in [0.717, 1.165) is 31.2 Å². The van der Waals surface area contributed by atoms with Crippen LogP contribution in [0.2, 0.25) is 0 Å². The number of imidazole rings is 1. The van der Waals surface area contributed by atoms with Crippen molar-refractivity contribution in [3.8, 4) is 11.5 Å². The molecule has 0 aliphatic rings. The molecule has 22 heavy (non-hydrogen) atoms. The summed E-state index contributed by atoms with van der Waals surface area (Å²) in [5, 5.41) is 15.0. The summed E-state index contributed by atoms with van der Waals surface area (Å²) in [6.07, 6.45) is 6.46. The van der Waals surface area contributed by atoms with Crippen LogP contribution in [-0.4, -0.2) is 19.6 Å². The number of aromatic nitrogens is 3. The van der Waals surface area contributed by atoms with Crippen molar-refractivity contribution in [2.45, 2.75) is 45.6 Å². The fourth-order valence-corrected chi connectivity index (χ4v) is 2.46. The summed E-state index contributed by atoms with van der Waals surface area (Å²) in [6.45, 7) is 2.41. The number of hydrogen-bond donors (Lipinski definition) is 1. The standard InChI is InChI=1S/C14H21N5O3/c1-3-4-5-6-7-10-11(8-15)22-17-13(10)14-16-9-12(18(14)2)19(20)21/h9H,3-8,15H2,1-2H3. The van der Waals surface area contributed by atoms with Gasteiger partial charge >= 0.3 is 5.82 Å². The van der Waals surface area contributed by atoms with Gasteiger partial charge in [-0.15, -0.1) is 0 Å². The first-order valence-electron chi connectivity index (χ1n) is 7.44. The van der Waals surface area contributed by atoms with E-state index in [-0.39, 0.29) is 12.4 Å². The highest BCUT2D eigenvalue weighted by atomic mass is 16.6. The van der Waals surface area contributed by atoms with E-state index >= 15 is 0 Å². The summed E-state index contributed by atoms with van der Waals surface area (Å²) < 4.78 is 6.69. The van der Waals surface area contributed by atoms with Crippen LogP contribution in [-0.2, 0) is 20.0 Å². The average Bonchev–Trinajstić information content (AvgIpc) is 3.06. The fourth-order valence-electron chi connectivity index (χ4n) is 2.46. The zero-order valence-corrected chi connectivity index (χ0v) is 12.9. The molecule has 0 aliphatic carbocycles. The number of nitrogens with two attached hydrogens (primary N) is 1. The molecule has 2 rings (SSSR count). The van der Waals surface area contributed by atoms with Crippen LogP contribution < -0.4 is 5.73 Å². The molecule has 0 bridgehead atoms. The maximum absolute atomic E-state index is 10.9. The topological polar surface area (TPSA) is 113 Å². The Balaban J connectivity index is 2.31. The van der Waals surface area contributed by atoms with Gasteiger partial charge in [-0.1, -0.05) is 31.3 Å². The third-order valence-corrected chi connectivity index (χ3v) is 3.70. The Bertz CT molecular complexity index is 647. The van der Waals surface area contributed by atoms with Gasteiger partial charge < -0.3 is 20.4 Å². The molecule has 0 amide bonds. The molecular formula is C14H21N5O3. The van der Waals surface area contributed by atoms with Gasteiger partial charge in [-0.25, -0.2) is 9.55 Å². The molecule has 0 saturated heterocycles. The third kappa shape index (κ3) is 3.16. The summed E-state index contributed by atoms with van der Waals surface area (Å²) in [7, 11) is 1.60. The van der Waals surface area contributed by atoms with Gasteiger partial charge in [0.2, 0.25) is 0 Å². The number of nitrogens with zero attached hydrogens (tertiary/aromatic N) is 4. The van der Waals surface area contributed by atoms with Crippen molar-refractivity contribution < 1.29 is 9.45 Å². The van der Waals surface area contributed by atoms with Crippen LogP contribution in [0.4, 0.5) is 5.82 Å². The quantitative estimate of drug-likeness (QED) is 0.455. The largest absolute Gasteiger partial charge is 0.359 e. The molecule has 0 saturated carbocycles. The lowest BCUT2D eigenvalue weighted by atomic mass is 10.0. The second-order valence-electron chi connectivity index (χ2n) is 5.20. The first kappa shape index (κ1) is 16.2. The molecule has 0 spiro atoms. The Labute approximate surface area is 128 Å². The number of hydrogen-bond acceptors (Lipinski definition) is 6.